The van der Waals surface area contributed by atoms with Crippen LogP contribution in [0.3, 0.4) is 0 Å². The first-order valence-electron chi connectivity index (χ1n) is 8.69. The third-order valence-electron chi connectivity index (χ3n) is 4.39. The van der Waals surface area contributed by atoms with E-state index in [0.717, 1.165) is 0 Å². The summed E-state index contributed by atoms with van der Waals surface area (Å²) in [6, 6.07) is 16.0. The number of hydrogen-bond donors (Lipinski definition) is 1. The van der Waals surface area contributed by atoms with Gasteiger partial charge in [0.1, 0.15) is 6.04 Å². The van der Waals surface area contributed by atoms with Crippen LogP contribution >= 0.6 is 0 Å². The van der Waals surface area contributed by atoms with Crippen LogP contribution in [0.2, 0.25) is 0 Å². The molecular formula is C21H19N3O3. The first-order valence-corrected chi connectivity index (χ1v) is 8.69. The van der Waals surface area contributed by atoms with E-state index in [1.165, 1.54) is 7.11 Å². The van der Waals surface area contributed by atoms with Crippen LogP contribution in [0.4, 0.5) is 0 Å². The molecule has 0 radical (unpaired) electrons. The molecule has 1 atom stereocenters. The minimum absolute atomic E-state index is 0.310. The van der Waals surface area contributed by atoms with E-state index in [9.17, 15) is 9.59 Å². The van der Waals surface area contributed by atoms with Gasteiger partial charge < -0.3 is 10.1 Å². The minimum Gasteiger partial charge on any atom is -0.467 e. The number of pyridine rings is 1. The van der Waals surface area contributed by atoms with Gasteiger partial charge in [0, 0.05) is 17.2 Å². The lowest BCUT2D eigenvalue weighted by atomic mass is 10.0. The van der Waals surface area contributed by atoms with Gasteiger partial charge in [-0.3, -0.25) is 4.79 Å². The Balaban J connectivity index is 2.02. The lowest BCUT2D eigenvalue weighted by molar-refractivity contribution is -0.143. The molecule has 0 unspecified atom stereocenters. The molecule has 0 aliphatic heterocycles. The maximum atomic E-state index is 13.1. The van der Waals surface area contributed by atoms with Gasteiger partial charge in [0.2, 0.25) is 0 Å². The van der Waals surface area contributed by atoms with Crippen LogP contribution in [-0.4, -0.2) is 30.0 Å². The fourth-order valence-corrected chi connectivity index (χ4v) is 3.09. The Morgan fingerprint density at radius 1 is 1.11 bits per heavy atom. The number of methoxy groups -OCH3 is 1. The molecule has 27 heavy (non-hydrogen) atoms. The number of benzene rings is 2. The van der Waals surface area contributed by atoms with Crippen LogP contribution in [0.25, 0.3) is 21.8 Å². The number of fused-ring (bicyclic) bond motifs is 2. The molecule has 3 rings (SSSR count). The Kier molecular flexibility index (Phi) is 5.62. The van der Waals surface area contributed by atoms with Crippen LogP contribution in [-0.2, 0) is 9.53 Å². The number of nitriles is 1. The number of unbranched alkanes of at least 4 members (excludes halogenated alkanes) is 1. The Labute approximate surface area is 156 Å². The number of carbonyl (C=O) groups is 2. The van der Waals surface area contributed by atoms with E-state index in [0.29, 0.717) is 46.6 Å². The predicted octanol–water partition coefficient (Wildman–Crippen LogP) is 3.35. The topological polar surface area (TPSA) is 92.1 Å². The summed E-state index contributed by atoms with van der Waals surface area (Å²) in [5, 5.41) is 12.9. The molecule has 1 amide bonds. The van der Waals surface area contributed by atoms with Crippen LogP contribution < -0.4 is 5.32 Å². The molecule has 1 aromatic heterocycles. The zero-order valence-electron chi connectivity index (χ0n) is 14.9. The van der Waals surface area contributed by atoms with Crippen molar-refractivity contribution in [2.75, 3.05) is 7.11 Å². The van der Waals surface area contributed by atoms with E-state index in [1.807, 2.05) is 54.6 Å². The maximum absolute atomic E-state index is 13.1. The molecule has 6 heteroatoms. The number of hydrogen-bond acceptors (Lipinski definition) is 5. The largest absolute Gasteiger partial charge is 0.467 e. The van der Waals surface area contributed by atoms with E-state index in [2.05, 4.69) is 10.3 Å². The van der Waals surface area contributed by atoms with Crippen LogP contribution in [0, 0.1) is 11.3 Å². The van der Waals surface area contributed by atoms with Crippen molar-refractivity contribution < 1.29 is 14.3 Å². The lowest BCUT2D eigenvalue weighted by Crippen LogP contribution is -2.41. The fourth-order valence-electron chi connectivity index (χ4n) is 3.09. The van der Waals surface area contributed by atoms with Crippen LogP contribution in [0.5, 0.6) is 0 Å². The van der Waals surface area contributed by atoms with Gasteiger partial charge in [-0.15, -0.1) is 0 Å². The van der Waals surface area contributed by atoms with E-state index < -0.39 is 12.0 Å². The molecule has 3 aromatic rings. The number of nitrogens with one attached hydrogen (secondary N) is 1. The normalized spacial score (nSPS) is 11.7. The number of esters is 1. The van der Waals surface area contributed by atoms with Crippen molar-refractivity contribution in [1.82, 2.24) is 10.3 Å². The standard InChI is InChI=1S/C21H19N3O3/c1-27-21(26)18(12-6-7-13-22)24-20(25)19-14-8-2-4-10-16(14)23-17-11-5-3-9-15(17)19/h2-5,8-11,18H,6-7,12H2,1H3,(H,24,25)/t18-/m0/s1. The molecule has 0 bridgehead atoms. The van der Waals surface area contributed by atoms with Crippen LogP contribution in [0.1, 0.15) is 29.6 Å². The number of aromatic nitrogens is 1. The molecule has 0 saturated carbocycles. The molecule has 136 valence electrons. The number of carbonyl (C=O) groups excluding carboxylic acids is 2. The van der Waals surface area contributed by atoms with Crippen molar-refractivity contribution >= 4 is 33.7 Å². The van der Waals surface area contributed by atoms with Gasteiger partial charge >= 0.3 is 5.97 Å². The summed E-state index contributed by atoms with van der Waals surface area (Å²) in [4.78, 5) is 29.8. The third kappa shape index (κ3) is 3.87. The molecule has 0 fully saturated rings. The quantitative estimate of drug-likeness (QED) is 0.413. The fraction of sp³-hybridized carbons (Fsp3) is 0.238. The first-order chi connectivity index (χ1) is 13.2. The molecule has 0 aliphatic rings. The van der Waals surface area contributed by atoms with Gasteiger partial charge in [-0.2, -0.15) is 5.26 Å². The van der Waals surface area contributed by atoms with Crippen molar-refractivity contribution in [2.24, 2.45) is 0 Å². The summed E-state index contributed by atoms with van der Waals surface area (Å²) in [6.45, 7) is 0. The van der Waals surface area contributed by atoms with E-state index >= 15 is 0 Å². The van der Waals surface area contributed by atoms with Crippen molar-refractivity contribution in [3.05, 3.63) is 54.1 Å². The Morgan fingerprint density at radius 2 is 1.70 bits per heavy atom. The highest BCUT2D eigenvalue weighted by Gasteiger charge is 2.24. The van der Waals surface area contributed by atoms with E-state index in [-0.39, 0.29) is 5.91 Å². The van der Waals surface area contributed by atoms with Crippen molar-refractivity contribution in [2.45, 2.75) is 25.3 Å². The van der Waals surface area contributed by atoms with Gasteiger partial charge in [-0.1, -0.05) is 36.4 Å². The van der Waals surface area contributed by atoms with E-state index in [1.54, 1.807) is 0 Å². The second kappa shape index (κ2) is 8.28. The molecular weight excluding hydrogens is 342 g/mol. The maximum Gasteiger partial charge on any atom is 0.328 e. The van der Waals surface area contributed by atoms with Gasteiger partial charge in [-0.25, -0.2) is 9.78 Å². The number of amides is 1. The van der Waals surface area contributed by atoms with Crippen LogP contribution in [0.15, 0.2) is 48.5 Å². The summed E-state index contributed by atoms with van der Waals surface area (Å²) < 4.78 is 4.81. The highest BCUT2D eigenvalue weighted by atomic mass is 16.5. The van der Waals surface area contributed by atoms with Crippen molar-refractivity contribution in [3.8, 4) is 6.07 Å². The average molecular weight is 361 g/mol. The zero-order chi connectivity index (χ0) is 19.2. The molecule has 1 N–H and O–H groups in total. The SMILES string of the molecule is COC(=O)[C@H](CCCC#N)NC(=O)c1c2ccccc2nc2ccccc12. The molecule has 6 nitrogen and oxygen atoms in total. The van der Waals surface area contributed by atoms with Crippen molar-refractivity contribution in [3.63, 3.8) is 0 Å². The summed E-state index contributed by atoms with van der Waals surface area (Å²) >= 11 is 0. The monoisotopic (exact) mass is 361 g/mol. The Morgan fingerprint density at radius 3 is 2.26 bits per heavy atom. The molecule has 0 spiro atoms. The summed E-state index contributed by atoms with van der Waals surface area (Å²) in [5.41, 5.74) is 1.89. The smallest absolute Gasteiger partial charge is 0.328 e. The van der Waals surface area contributed by atoms with E-state index in [4.69, 9.17) is 10.00 Å². The summed E-state index contributed by atoms with van der Waals surface area (Å²) in [5.74, 6) is -0.888. The Hall–Kier alpha value is -3.46. The number of nitrogens with zero attached hydrogens (tertiary/aromatic N) is 2. The number of ether oxygens (including phenoxy) is 1. The number of para-hydroxylation sites is 2. The molecule has 2 aromatic carbocycles. The van der Waals surface area contributed by atoms with Gasteiger partial charge in [0.25, 0.3) is 5.91 Å². The second-order valence-corrected chi connectivity index (χ2v) is 6.12. The zero-order valence-corrected chi connectivity index (χ0v) is 14.9. The lowest BCUT2D eigenvalue weighted by Gasteiger charge is -2.17. The Bertz CT molecular complexity index is 986. The summed E-state index contributed by atoms with van der Waals surface area (Å²) in [6.07, 6.45) is 1.14. The van der Waals surface area contributed by atoms with Gasteiger partial charge in [0.05, 0.1) is 29.8 Å². The molecule has 0 saturated heterocycles. The van der Waals surface area contributed by atoms with Crippen molar-refractivity contribution in [1.29, 1.82) is 5.26 Å². The minimum atomic E-state index is -0.804. The first kappa shape index (κ1) is 18.3. The third-order valence-corrected chi connectivity index (χ3v) is 4.39. The molecule has 0 aliphatic carbocycles. The molecule has 1 heterocycles. The van der Waals surface area contributed by atoms with Gasteiger partial charge in [-0.05, 0) is 25.0 Å². The predicted molar refractivity (Wildman–Crippen MR) is 102 cm³/mol. The number of rotatable bonds is 6. The highest BCUT2D eigenvalue weighted by molar-refractivity contribution is 6.16. The van der Waals surface area contributed by atoms with Gasteiger partial charge in [0.15, 0.2) is 0 Å². The average Bonchev–Trinajstić information content (AvgIpc) is 2.70. The summed E-state index contributed by atoms with van der Waals surface area (Å²) in [7, 11) is 1.28. The highest BCUT2D eigenvalue weighted by Crippen LogP contribution is 2.26. The second-order valence-electron chi connectivity index (χ2n) is 6.12.